The predicted octanol–water partition coefficient (Wildman–Crippen LogP) is 3.10. The number of rotatable bonds is 4. The summed E-state index contributed by atoms with van der Waals surface area (Å²) in [5.41, 5.74) is 1.43. The maximum Gasteiger partial charge on any atom is 0.0115 e. The van der Waals surface area contributed by atoms with Crippen LogP contribution in [0, 0.1) is 0 Å². The Morgan fingerprint density at radius 2 is 2.11 bits per heavy atom. The molecule has 0 spiro atoms. The van der Waals surface area contributed by atoms with Crippen LogP contribution in [0.1, 0.15) is 27.2 Å². The summed E-state index contributed by atoms with van der Waals surface area (Å²) >= 11 is 2.01. The first-order valence-corrected chi connectivity index (χ1v) is 4.64. The molecule has 0 aliphatic carbocycles. The van der Waals surface area contributed by atoms with Crippen LogP contribution in [0.15, 0.2) is 11.6 Å². The average Bonchev–Trinajstić information content (AvgIpc) is 1.80. The van der Waals surface area contributed by atoms with E-state index < -0.39 is 0 Å². The first-order chi connectivity index (χ1) is 4.27. The zero-order chi connectivity index (χ0) is 7.11. The second-order valence-electron chi connectivity index (χ2n) is 2.36. The van der Waals surface area contributed by atoms with Gasteiger partial charge in [-0.3, -0.25) is 0 Å². The van der Waals surface area contributed by atoms with Gasteiger partial charge in [-0.25, -0.2) is 0 Å². The van der Waals surface area contributed by atoms with E-state index in [4.69, 9.17) is 0 Å². The van der Waals surface area contributed by atoms with Crippen molar-refractivity contribution in [3.63, 3.8) is 0 Å². The van der Waals surface area contributed by atoms with Crippen molar-refractivity contribution in [2.45, 2.75) is 27.2 Å². The zero-order valence-electron chi connectivity index (χ0n) is 6.61. The fourth-order valence-electron chi connectivity index (χ4n) is 0.453. The second kappa shape index (κ2) is 6.21. The lowest BCUT2D eigenvalue weighted by molar-refractivity contribution is 1.11. The van der Waals surface area contributed by atoms with Gasteiger partial charge >= 0.3 is 0 Å². The minimum Gasteiger partial charge on any atom is -0.158 e. The van der Waals surface area contributed by atoms with Crippen molar-refractivity contribution in [2.75, 3.05) is 11.5 Å². The van der Waals surface area contributed by atoms with Crippen LogP contribution in [-0.2, 0) is 0 Å². The first kappa shape index (κ1) is 9.09. The highest BCUT2D eigenvalue weighted by molar-refractivity contribution is 7.99. The Bertz CT molecular complexity index is 80.6. The smallest absolute Gasteiger partial charge is 0.0115 e. The molecule has 0 heterocycles. The molecule has 0 nitrogen and oxygen atoms in total. The van der Waals surface area contributed by atoms with E-state index in [2.05, 4.69) is 26.8 Å². The lowest BCUT2D eigenvalue weighted by atomic mass is 10.3. The number of thioether (sulfide) groups is 1. The molecule has 0 atom stereocenters. The van der Waals surface area contributed by atoms with E-state index in [1.165, 1.54) is 23.5 Å². The Labute approximate surface area is 62.7 Å². The number of allylic oxidation sites excluding steroid dienone is 1. The van der Waals surface area contributed by atoms with Gasteiger partial charge in [-0.05, 0) is 26.0 Å². The molecule has 0 amide bonds. The van der Waals surface area contributed by atoms with Gasteiger partial charge in [0.05, 0.1) is 0 Å². The van der Waals surface area contributed by atoms with Crippen molar-refractivity contribution in [1.29, 1.82) is 0 Å². The monoisotopic (exact) mass is 144 g/mol. The summed E-state index contributed by atoms with van der Waals surface area (Å²) in [7, 11) is 0. The minimum atomic E-state index is 1.19. The van der Waals surface area contributed by atoms with Crippen molar-refractivity contribution in [3.8, 4) is 0 Å². The minimum absolute atomic E-state index is 1.19. The first-order valence-electron chi connectivity index (χ1n) is 3.48. The fraction of sp³-hybridized carbons (Fsp3) is 0.750. The summed E-state index contributed by atoms with van der Waals surface area (Å²) in [6.07, 6.45) is 3.57. The average molecular weight is 144 g/mol. The third-order valence-corrected chi connectivity index (χ3v) is 2.06. The molecule has 54 valence electrons. The Hall–Kier alpha value is 0.0900. The molecule has 0 aromatic rings. The molecule has 0 rings (SSSR count). The van der Waals surface area contributed by atoms with Gasteiger partial charge < -0.3 is 0 Å². The second-order valence-corrected chi connectivity index (χ2v) is 3.51. The highest BCUT2D eigenvalue weighted by Gasteiger charge is 1.81. The van der Waals surface area contributed by atoms with Crippen molar-refractivity contribution in [2.24, 2.45) is 0 Å². The van der Waals surface area contributed by atoms with E-state index in [-0.39, 0.29) is 0 Å². The summed E-state index contributed by atoms with van der Waals surface area (Å²) in [6, 6.07) is 0. The van der Waals surface area contributed by atoms with E-state index in [1.807, 2.05) is 11.8 Å². The summed E-state index contributed by atoms with van der Waals surface area (Å²) < 4.78 is 0. The quantitative estimate of drug-likeness (QED) is 0.431. The highest BCUT2D eigenvalue weighted by Crippen LogP contribution is 2.03. The van der Waals surface area contributed by atoms with Gasteiger partial charge in [0.2, 0.25) is 0 Å². The summed E-state index contributed by atoms with van der Waals surface area (Å²) in [5, 5.41) is 0. The molecule has 0 aliphatic heterocycles. The van der Waals surface area contributed by atoms with Gasteiger partial charge in [0.15, 0.2) is 0 Å². The van der Waals surface area contributed by atoms with E-state index >= 15 is 0 Å². The van der Waals surface area contributed by atoms with E-state index in [9.17, 15) is 0 Å². The molecular weight excluding hydrogens is 128 g/mol. The Morgan fingerprint density at radius 3 is 2.56 bits per heavy atom. The molecule has 9 heavy (non-hydrogen) atoms. The van der Waals surface area contributed by atoms with Crippen LogP contribution >= 0.6 is 11.8 Å². The van der Waals surface area contributed by atoms with Crippen molar-refractivity contribution < 1.29 is 0 Å². The van der Waals surface area contributed by atoms with Crippen LogP contribution in [0.5, 0.6) is 0 Å². The van der Waals surface area contributed by atoms with Gasteiger partial charge in [-0.2, -0.15) is 11.8 Å². The van der Waals surface area contributed by atoms with Gasteiger partial charge in [-0.1, -0.05) is 18.6 Å². The molecule has 0 saturated carbocycles. The standard InChI is InChI=1S/C8H16S/c1-4-6-9-7-5-8(2)3/h5H,4,6-7H2,1-3H3. The lowest BCUT2D eigenvalue weighted by Crippen LogP contribution is -1.76. The number of hydrogen-bond donors (Lipinski definition) is 0. The van der Waals surface area contributed by atoms with Gasteiger partial charge in [0, 0.05) is 5.75 Å². The third kappa shape index (κ3) is 8.09. The van der Waals surface area contributed by atoms with Crippen molar-refractivity contribution in [3.05, 3.63) is 11.6 Å². The molecule has 0 saturated heterocycles. The molecule has 1 heteroatoms. The highest BCUT2D eigenvalue weighted by atomic mass is 32.2. The number of hydrogen-bond acceptors (Lipinski definition) is 1. The Kier molecular flexibility index (Phi) is 6.28. The molecule has 0 bridgehead atoms. The Morgan fingerprint density at radius 1 is 1.44 bits per heavy atom. The molecule has 0 aromatic carbocycles. The van der Waals surface area contributed by atoms with Crippen LogP contribution in [0.2, 0.25) is 0 Å². The third-order valence-electron chi connectivity index (χ3n) is 0.958. The van der Waals surface area contributed by atoms with Crippen LogP contribution < -0.4 is 0 Å². The van der Waals surface area contributed by atoms with E-state index in [0.717, 1.165) is 0 Å². The molecular formula is C8H16S. The van der Waals surface area contributed by atoms with Crippen LogP contribution in [-0.4, -0.2) is 11.5 Å². The van der Waals surface area contributed by atoms with Crippen LogP contribution in [0.25, 0.3) is 0 Å². The summed E-state index contributed by atoms with van der Waals surface area (Å²) in [5.74, 6) is 2.49. The lowest BCUT2D eigenvalue weighted by Gasteiger charge is -1.92. The van der Waals surface area contributed by atoms with Crippen molar-refractivity contribution >= 4 is 11.8 Å². The molecule has 0 fully saturated rings. The molecule has 0 unspecified atom stereocenters. The Balaban J connectivity index is 3.00. The maximum atomic E-state index is 2.28. The molecule has 0 aliphatic rings. The van der Waals surface area contributed by atoms with Gasteiger partial charge in [0.25, 0.3) is 0 Å². The predicted molar refractivity (Wildman–Crippen MR) is 47.0 cm³/mol. The molecule has 0 aromatic heterocycles. The topological polar surface area (TPSA) is 0 Å². The SMILES string of the molecule is CCCSCC=C(C)C. The van der Waals surface area contributed by atoms with E-state index in [0.29, 0.717) is 0 Å². The van der Waals surface area contributed by atoms with Crippen molar-refractivity contribution in [1.82, 2.24) is 0 Å². The maximum absolute atomic E-state index is 2.28. The summed E-state index contributed by atoms with van der Waals surface area (Å²) in [4.78, 5) is 0. The van der Waals surface area contributed by atoms with Gasteiger partial charge in [0.1, 0.15) is 0 Å². The summed E-state index contributed by atoms with van der Waals surface area (Å²) in [6.45, 7) is 6.51. The van der Waals surface area contributed by atoms with Gasteiger partial charge in [-0.15, -0.1) is 0 Å². The fourth-order valence-corrected chi connectivity index (χ4v) is 1.36. The van der Waals surface area contributed by atoms with E-state index in [1.54, 1.807) is 0 Å². The van der Waals surface area contributed by atoms with Crippen LogP contribution in [0.3, 0.4) is 0 Å². The largest absolute Gasteiger partial charge is 0.158 e. The molecule has 0 N–H and O–H groups in total. The zero-order valence-corrected chi connectivity index (χ0v) is 7.42. The van der Waals surface area contributed by atoms with Crippen LogP contribution in [0.4, 0.5) is 0 Å². The molecule has 0 radical (unpaired) electrons. The normalized spacial score (nSPS) is 9.22.